The summed E-state index contributed by atoms with van der Waals surface area (Å²) in [6, 6.07) is 14.9. The van der Waals surface area contributed by atoms with E-state index in [1.54, 1.807) is 13.2 Å². The number of methoxy groups -OCH3 is 1. The monoisotopic (exact) mass is 364 g/mol. The van der Waals surface area contributed by atoms with Crippen molar-refractivity contribution in [1.29, 1.82) is 0 Å². The number of carbonyl (C=O) groups is 2. The lowest BCUT2D eigenvalue weighted by molar-refractivity contribution is -0.118. The van der Waals surface area contributed by atoms with Gasteiger partial charge in [-0.1, -0.05) is 30.3 Å². The standard InChI is InChI=1S/C22H24N2O3/c1-15(16-9-12-19(13-10-16)24-22(26)18-7-8-18)23-21(25)14-11-17-5-3-4-6-20(17)27-2/h3-6,9-15,18H,7-8H2,1-2H3,(H,23,25)(H,24,26)/b14-11+. The number of hydrogen-bond donors (Lipinski definition) is 2. The van der Waals surface area contributed by atoms with Gasteiger partial charge in [-0.2, -0.15) is 0 Å². The van der Waals surface area contributed by atoms with Gasteiger partial charge in [0, 0.05) is 23.2 Å². The first kappa shape index (κ1) is 18.7. The molecule has 0 spiro atoms. The quantitative estimate of drug-likeness (QED) is 0.732. The molecule has 1 aliphatic carbocycles. The number of hydrogen-bond acceptors (Lipinski definition) is 3. The highest BCUT2D eigenvalue weighted by molar-refractivity contribution is 5.94. The number of para-hydroxylation sites is 1. The number of amides is 2. The molecule has 2 aromatic rings. The molecule has 2 N–H and O–H groups in total. The zero-order chi connectivity index (χ0) is 19.2. The number of anilines is 1. The average Bonchev–Trinajstić information content (AvgIpc) is 3.52. The summed E-state index contributed by atoms with van der Waals surface area (Å²) in [6.07, 6.45) is 5.20. The Morgan fingerprint density at radius 3 is 2.48 bits per heavy atom. The highest BCUT2D eigenvalue weighted by Gasteiger charge is 2.29. The van der Waals surface area contributed by atoms with E-state index >= 15 is 0 Å². The van der Waals surface area contributed by atoms with E-state index < -0.39 is 0 Å². The van der Waals surface area contributed by atoms with Crippen LogP contribution in [0.1, 0.15) is 36.9 Å². The smallest absolute Gasteiger partial charge is 0.244 e. The van der Waals surface area contributed by atoms with E-state index in [9.17, 15) is 9.59 Å². The summed E-state index contributed by atoms with van der Waals surface area (Å²) < 4.78 is 5.27. The fraction of sp³-hybridized carbons (Fsp3) is 0.273. The number of nitrogens with one attached hydrogen (secondary N) is 2. The number of rotatable bonds is 7. The Balaban J connectivity index is 1.55. The molecule has 0 saturated heterocycles. The molecule has 1 unspecified atom stereocenters. The van der Waals surface area contributed by atoms with Crippen LogP contribution in [0.25, 0.3) is 6.08 Å². The second-order valence-corrected chi connectivity index (χ2v) is 6.69. The van der Waals surface area contributed by atoms with Crippen LogP contribution in [-0.4, -0.2) is 18.9 Å². The van der Waals surface area contributed by atoms with Gasteiger partial charge in [-0.15, -0.1) is 0 Å². The largest absolute Gasteiger partial charge is 0.496 e. The van der Waals surface area contributed by atoms with E-state index in [1.165, 1.54) is 6.08 Å². The molecule has 0 heterocycles. The number of ether oxygens (including phenoxy) is 1. The second kappa shape index (κ2) is 8.54. The van der Waals surface area contributed by atoms with E-state index in [1.807, 2.05) is 55.5 Å². The number of carbonyl (C=O) groups excluding carboxylic acids is 2. The lowest BCUT2D eigenvalue weighted by atomic mass is 10.1. The van der Waals surface area contributed by atoms with Gasteiger partial charge in [0.15, 0.2) is 0 Å². The van der Waals surface area contributed by atoms with Crippen molar-refractivity contribution in [3.05, 3.63) is 65.7 Å². The molecule has 0 aliphatic heterocycles. The molecule has 1 saturated carbocycles. The van der Waals surface area contributed by atoms with Gasteiger partial charge in [0.2, 0.25) is 11.8 Å². The van der Waals surface area contributed by atoms with Crippen molar-refractivity contribution in [2.24, 2.45) is 5.92 Å². The van der Waals surface area contributed by atoms with Crippen molar-refractivity contribution in [3.63, 3.8) is 0 Å². The van der Waals surface area contributed by atoms with Crippen LogP contribution in [-0.2, 0) is 9.59 Å². The molecule has 140 valence electrons. The SMILES string of the molecule is COc1ccccc1/C=C/C(=O)NC(C)c1ccc(NC(=O)C2CC2)cc1. The Labute approximate surface area is 159 Å². The first-order valence-electron chi connectivity index (χ1n) is 9.09. The third-order valence-electron chi connectivity index (χ3n) is 4.54. The summed E-state index contributed by atoms with van der Waals surface area (Å²) in [4.78, 5) is 24.0. The molecule has 1 aliphatic rings. The summed E-state index contributed by atoms with van der Waals surface area (Å²) in [6.45, 7) is 1.92. The van der Waals surface area contributed by atoms with Crippen LogP contribution in [0.15, 0.2) is 54.6 Å². The maximum absolute atomic E-state index is 12.2. The van der Waals surface area contributed by atoms with Gasteiger partial charge in [0.05, 0.1) is 13.2 Å². The topological polar surface area (TPSA) is 67.4 Å². The predicted octanol–water partition coefficient (Wildman–Crippen LogP) is 3.93. The van der Waals surface area contributed by atoms with E-state index in [-0.39, 0.29) is 23.8 Å². The van der Waals surface area contributed by atoms with Crippen molar-refractivity contribution in [2.45, 2.75) is 25.8 Å². The number of benzene rings is 2. The van der Waals surface area contributed by atoms with Gasteiger partial charge in [0.25, 0.3) is 0 Å². The highest BCUT2D eigenvalue weighted by atomic mass is 16.5. The normalized spacial score (nSPS) is 14.6. The van der Waals surface area contributed by atoms with Gasteiger partial charge in [-0.05, 0) is 49.6 Å². The first-order chi connectivity index (χ1) is 13.1. The Kier molecular flexibility index (Phi) is 5.91. The molecule has 1 fully saturated rings. The zero-order valence-electron chi connectivity index (χ0n) is 15.6. The molecule has 0 aromatic heterocycles. The minimum absolute atomic E-state index is 0.0885. The third kappa shape index (κ3) is 5.20. The lowest BCUT2D eigenvalue weighted by Crippen LogP contribution is -2.24. The van der Waals surface area contributed by atoms with Gasteiger partial charge < -0.3 is 15.4 Å². The van der Waals surface area contributed by atoms with Crippen LogP contribution in [0.3, 0.4) is 0 Å². The highest BCUT2D eigenvalue weighted by Crippen LogP contribution is 2.30. The molecule has 0 bridgehead atoms. The van der Waals surface area contributed by atoms with E-state index in [4.69, 9.17) is 4.74 Å². The molecule has 0 radical (unpaired) electrons. The summed E-state index contributed by atoms with van der Waals surface area (Å²) in [7, 11) is 1.60. The maximum Gasteiger partial charge on any atom is 0.244 e. The van der Waals surface area contributed by atoms with Crippen molar-refractivity contribution < 1.29 is 14.3 Å². The average molecular weight is 364 g/mol. The molecule has 27 heavy (non-hydrogen) atoms. The van der Waals surface area contributed by atoms with Gasteiger partial charge in [-0.25, -0.2) is 0 Å². The lowest BCUT2D eigenvalue weighted by Gasteiger charge is -2.14. The van der Waals surface area contributed by atoms with Gasteiger partial charge in [0.1, 0.15) is 5.75 Å². The Bertz CT molecular complexity index is 839. The van der Waals surface area contributed by atoms with Crippen LogP contribution < -0.4 is 15.4 Å². The van der Waals surface area contributed by atoms with E-state index in [0.717, 1.165) is 35.4 Å². The fourth-order valence-corrected chi connectivity index (χ4v) is 2.76. The van der Waals surface area contributed by atoms with Crippen LogP contribution in [0.4, 0.5) is 5.69 Å². The molecule has 2 aromatic carbocycles. The maximum atomic E-state index is 12.2. The van der Waals surface area contributed by atoms with Crippen LogP contribution in [0.2, 0.25) is 0 Å². The molecule has 2 amide bonds. The second-order valence-electron chi connectivity index (χ2n) is 6.69. The van der Waals surface area contributed by atoms with Gasteiger partial charge in [-0.3, -0.25) is 9.59 Å². The summed E-state index contributed by atoms with van der Waals surface area (Å²) in [5.41, 5.74) is 2.60. The minimum Gasteiger partial charge on any atom is -0.496 e. The van der Waals surface area contributed by atoms with Crippen LogP contribution >= 0.6 is 0 Å². The Morgan fingerprint density at radius 2 is 1.81 bits per heavy atom. The predicted molar refractivity (Wildman–Crippen MR) is 106 cm³/mol. The van der Waals surface area contributed by atoms with Crippen molar-refractivity contribution >= 4 is 23.6 Å². The zero-order valence-corrected chi connectivity index (χ0v) is 15.6. The fourth-order valence-electron chi connectivity index (χ4n) is 2.76. The van der Waals surface area contributed by atoms with Crippen LogP contribution in [0, 0.1) is 5.92 Å². The van der Waals surface area contributed by atoms with Crippen molar-refractivity contribution in [2.75, 3.05) is 12.4 Å². The minimum atomic E-state index is -0.181. The molecule has 1 atom stereocenters. The summed E-state index contributed by atoms with van der Waals surface area (Å²) >= 11 is 0. The third-order valence-corrected chi connectivity index (χ3v) is 4.54. The van der Waals surface area contributed by atoms with Gasteiger partial charge >= 0.3 is 0 Å². The van der Waals surface area contributed by atoms with Crippen LogP contribution in [0.5, 0.6) is 5.75 Å². The summed E-state index contributed by atoms with van der Waals surface area (Å²) in [5.74, 6) is 0.807. The van der Waals surface area contributed by atoms with Crippen molar-refractivity contribution in [1.82, 2.24) is 5.32 Å². The Morgan fingerprint density at radius 1 is 1.11 bits per heavy atom. The van der Waals surface area contributed by atoms with E-state index in [0.29, 0.717) is 0 Å². The molecule has 5 heteroatoms. The van der Waals surface area contributed by atoms with E-state index in [2.05, 4.69) is 10.6 Å². The summed E-state index contributed by atoms with van der Waals surface area (Å²) in [5, 5.41) is 5.85. The molecular formula is C22H24N2O3. The molecule has 3 rings (SSSR count). The molecular weight excluding hydrogens is 340 g/mol. The Hall–Kier alpha value is -3.08. The van der Waals surface area contributed by atoms with Crippen molar-refractivity contribution in [3.8, 4) is 5.75 Å². The first-order valence-corrected chi connectivity index (χ1v) is 9.09. The molecule has 5 nitrogen and oxygen atoms in total.